The molecule has 1 unspecified atom stereocenters. The number of likely N-dealkylation sites (N-methyl/N-ethyl adjacent to an activating group) is 1. The standard InChI is InChI=1S/C14H19FN2O2/c1-17(9-11-4-2-3-7-19-11)14(18)12-8-10(15)5-6-13(12)16/h5-6,8,11H,2-4,7,9,16H2,1H3. The maximum atomic E-state index is 13.2. The zero-order valence-corrected chi connectivity index (χ0v) is 11.1. The Labute approximate surface area is 112 Å². The molecule has 1 aliphatic rings. The van der Waals surface area contributed by atoms with E-state index in [2.05, 4.69) is 0 Å². The number of benzene rings is 1. The van der Waals surface area contributed by atoms with Gasteiger partial charge in [0.1, 0.15) is 5.82 Å². The second-order valence-electron chi connectivity index (χ2n) is 4.91. The Morgan fingerprint density at radius 3 is 3.00 bits per heavy atom. The molecule has 1 saturated heterocycles. The van der Waals surface area contributed by atoms with Crippen LogP contribution in [0.1, 0.15) is 29.6 Å². The van der Waals surface area contributed by atoms with Crippen molar-refractivity contribution in [3.05, 3.63) is 29.6 Å². The average Bonchev–Trinajstić information content (AvgIpc) is 2.42. The Morgan fingerprint density at radius 2 is 2.32 bits per heavy atom. The van der Waals surface area contributed by atoms with Crippen LogP contribution in [0.4, 0.5) is 10.1 Å². The van der Waals surface area contributed by atoms with Crippen LogP contribution in [-0.4, -0.2) is 37.1 Å². The lowest BCUT2D eigenvalue weighted by Gasteiger charge is -2.27. The third-order valence-electron chi connectivity index (χ3n) is 3.34. The maximum Gasteiger partial charge on any atom is 0.255 e. The second-order valence-corrected chi connectivity index (χ2v) is 4.91. The molecule has 1 aromatic rings. The summed E-state index contributed by atoms with van der Waals surface area (Å²) in [6.45, 7) is 1.25. The fraction of sp³-hybridized carbons (Fsp3) is 0.500. The van der Waals surface area contributed by atoms with Crippen molar-refractivity contribution in [3.8, 4) is 0 Å². The Balaban J connectivity index is 2.03. The molecule has 0 bridgehead atoms. The third-order valence-corrected chi connectivity index (χ3v) is 3.34. The molecule has 104 valence electrons. The van der Waals surface area contributed by atoms with Crippen LogP contribution in [0, 0.1) is 5.82 Å². The van der Waals surface area contributed by atoms with Crippen molar-refractivity contribution in [2.45, 2.75) is 25.4 Å². The fourth-order valence-corrected chi connectivity index (χ4v) is 2.26. The number of rotatable bonds is 3. The molecule has 1 fully saturated rings. The molecule has 0 spiro atoms. The predicted octanol–water partition coefficient (Wildman–Crippen LogP) is 2.05. The smallest absolute Gasteiger partial charge is 0.255 e. The Kier molecular flexibility index (Phi) is 4.37. The van der Waals surface area contributed by atoms with Crippen molar-refractivity contribution in [2.75, 3.05) is 25.9 Å². The molecule has 0 aromatic heterocycles. The minimum Gasteiger partial charge on any atom is -0.398 e. The van der Waals surface area contributed by atoms with Gasteiger partial charge >= 0.3 is 0 Å². The highest BCUT2D eigenvalue weighted by molar-refractivity contribution is 5.99. The van der Waals surface area contributed by atoms with Gasteiger partial charge in [-0.1, -0.05) is 0 Å². The number of nitrogens with zero attached hydrogens (tertiary/aromatic N) is 1. The highest BCUT2D eigenvalue weighted by Crippen LogP contribution is 2.18. The summed E-state index contributed by atoms with van der Waals surface area (Å²) >= 11 is 0. The van der Waals surface area contributed by atoms with E-state index in [0.717, 1.165) is 25.9 Å². The fourth-order valence-electron chi connectivity index (χ4n) is 2.26. The van der Waals surface area contributed by atoms with Gasteiger partial charge in [-0.05, 0) is 37.5 Å². The summed E-state index contributed by atoms with van der Waals surface area (Å²) in [6.07, 6.45) is 3.22. The molecule has 19 heavy (non-hydrogen) atoms. The Morgan fingerprint density at radius 1 is 1.53 bits per heavy atom. The lowest BCUT2D eigenvalue weighted by molar-refractivity contribution is -0.000175. The number of anilines is 1. The van der Waals surface area contributed by atoms with Crippen LogP contribution in [0.3, 0.4) is 0 Å². The van der Waals surface area contributed by atoms with E-state index < -0.39 is 5.82 Å². The monoisotopic (exact) mass is 266 g/mol. The van der Waals surface area contributed by atoms with Gasteiger partial charge in [0.15, 0.2) is 0 Å². The van der Waals surface area contributed by atoms with Gasteiger partial charge in [-0.2, -0.15) is 0 Å². The molecule has 0 aliphatic carbocycles. The number of nitrogen functional groups attached to an aromatic ring is 1. The first-order chi connectivity index (χ1) is 9.08. The lowest BCUT2D eigenvalue weighted by atomic mass is 10.1. The molecule has 5 heteroatoms. The molecule has 1 atom stereocenters. The van der Waals surface area contributed by atoms with Crippen LogP contribution in [0.15, 0.2) is 18.2 Å². The first-order valence-corrected chi connectivity index (χ1v) is 6.50. The first-order valence-electron chi connectivity index (χ1n) is 6.50. The van der Waals surface area contributed by atoms with Crippen molar-refractivity contribution < 1.29 is 13.9 Å². The zero-order valence-electron chi connectivity index (χ0n) is 11.1. The summed E-state index contributed by atoms with van der Waals surface area (Å²) in [6, 6.07) is 3.83. The number of nitrogens with two attached hydrogens (primary N) is 1. The van der Waals surface area contributed by atoms with Crippen LogP contribution in [0.5, 0.6) is 0 Å². The minimum absolute atomic E-state index is 0.0671. The molecular formula is C14H19FN2O2. The van der Waals surface area contributed by atoms with Gasteiger partial charge in [-0.3, -0.25) is 4.79 Å². The van der Waals surface area contributed by atoms with Crippen molar-refractivity contribution in [1.82, 2.24) is 4.90 Å². The molecule has 1 aromatic carbocycles. The summed E-state index contributed by atoms with van der Waals surface area (Å²) in [5.74, 6) is -0.731. The van der Waals surface area contributed by atoms with Crippen LogP contribution in [0.2, 0.25) is 0 Å². The molecule has 0 saturated carbocycles. The van der Waals surface area contributed by atoms with E-state index in [-0.39, 0.29) is 17.6 Å². The third kappa shape index (κ3) is 3.44. The van der Waals surface area contributed by atoms with Crippen molar-refractivity contribution in [1.29, 1.82) is 0 Å². The van der Waals surface area contributed by atoms with Crippen molar-refractivity contribution in [3.63, 3.8) is 0 Å². The molecule has 1 heterocycles. The quantitative estimate of drug-likeness (QED) is 0.852. The average molecular weight is 266 g/mol. The largest absolute Gasteiger partial charge is 0.398 e. The molecule has 2 rings (SSSR count). The van der Waals surface area contributed by atoms with E-state index >= 15 is 0 Å². The first kappa shape index (κ1) is 13.8. The molecule has 4 nitrogen and oxygen atoms in total. The number of hydrogen-bond donors (Lipinski definition) is 1. The lowest BCUT2D eigenvalue weighted by Crippen LogP contribution is -2.37. The van der Waals surface area contributed by atoms with E-state index in [9.17, 15) is 9.18 Å². The van der Waals surface area contributed by atoms with Gasteiger partial charge in [-0.15, -0.1) is 0 Å². The summed E-state index contributed by atoms with van der Waals surface area (Å²) in [5.41, 5.74) is 6.22. The van der Waals surface area contributed by atoms with Crippen LogP contribution >= 0.6 is 0 Å². The second kappa shape index (κ2) is 6.02. The van der Waals surface area contributed by atoms with Gasteiger partial charge in [0.25, 0.3) is 5.91 Å². The highest BCUT2D eigenvalue weighted by Gasteiger charge is 2.21. The van der Waals surface area contributed by atoms with E-state index in [4.69, 9.17) is 10.5 Å². The van der Waals surface area contributed by atoms with Gasteiger partial charge in [-0.25, -0.2) is 4.39 Å². The van der Waals surface area contributed by atoms with Crippen LogP contribution in [0.25, 0.3) is 0 Å². The number of amides is 1. The highest BCUT2D eigenvalue weighted by atomic mass is 19.1. The zero-order chi connectivity index (χ0) is 13.8. The molecule has 1 amide bonds. The molecule has 1 aliphatic heterocycles. The maximum absolute atomic E-state index is 13.2. The molecule has 2 N–H and O–H groups in total. The van der Waals surface area contributed by atoms with Gasteiger partial charge in [0, 0.05) is 25.9 Å². The van der Waals surface area contributed by atoms with E-state index in [1.807, 2.05) is 0 Å². The van der Waals surface area contributed by atoms with Gasteiger partial charge in [0.05, 0.1) is 11.7 Å². The SMILES string of the molecule is CN(CC1CCCCO1)C(=O)c1cc(F)ccc1N. The number of hydrogen-bond acceptors (Lipinski definition) is 3. The van der Waals surface area contributed by atoms with Crippen LogP contribution in [-0.2, 0) is 4.74 Å². The van der Waals surface area contributed by atoms with E-state index in [1.165, 1.54) is 18.2 Å². The van der Waals surface area contributed by atoms with E-state index in [1.54, 1.807) is 11.9 Å². The molecular weight excluding hydrogens is 247 g/mol. The Bertz CT molecular complexity index is 459. The number of ether oxygens (including phenoxy) is 1. The number of carbonyl (C=O) groups is 1. The van der Waals surface area contributed by atoms with E-state index in [0.29, 0.717) is 12.2 Å². The minimum atomic E-state index is -0.458. The summed E-state index contributed by atoms with van der Waals surface area (Å²) in [7, 11) is 1.69. The summed E-state index contributed by atoms with van der Waals surface area (Å²) in [4.78, 5) is 13.8. The number of halogens is 1. The van der Waals surface area contributed by atoms with Gasteiger partial charge in [0.2, 0.25) is 0 Å². The van der Waals surface area contributed by atoms with Crippen molar-refractivity contribution >= 4 is 11.6 Å². The topological polar surface area (TPSA) is 55.6 Å². The van der Waals surface area contributed by atoms with Gasteiger partial charge < -0.3 is 15.4 Å². The number of carbonyl (C=O) groups excluding carboxylic acids is 1. The summed E-state index contributed by atoms with van der Waals surface area (Å²) in [5, 5.41) is 0. The summed E-state index contributed by atoms with van der Waals surface area (Å²) < 4.78 is 18.8. The van der Waals surface area contributed by atoms with Crippen molar-refractivity contribution in [2.24, 2.45) is 0 Å². The molecule has 0 radical (unpaired) electrons. The Hall–Kier alpha value is -1.62. The normalized spacial score (nSPS) is 19.2. The predicted molar refractivity (Wildman–Crippen MR) is 71.4 cm³/mol. The van der Waals surface area contributed by atoms with Crippen LogP contribution < -0.4 is 5.73 Å².